The number of benzene rings is 1. The normalized spacial score (nSPS) is 11.3. The van der Waals surface area contributed by atoms with Gasteiger partial charge in [-0.15, -0.1) is 0 Å². The van der Waals surface area contributed by atoms with E-state index in [2.05, 4.69) is 22.0 Å². The van der Waals surface area contributed by atoms with Crippen LogP contribution in [0.3, 0.4) is 0 Å². The molecule has 0 unspecified atom stereocenters. The average molecular weight is 272 g/mol. The van der Waals surface area contributed by atoms with Crippen molar-refractivity contribution in [3.63, 3.8) is 0 Å². The summed E-state index contributed by atoms with van der Waals surface area (Å²) in [4.78, 5) is 20.5. The van der Waals surface area contributed by atoms with Crippen molar-refractivity contribution in [2.24, 2.45) is 0 Å². The molecule has 2 aromatic heterocycles. The quantitative estimate of drug-likeness (QED) is 0.406. The molecular formula is C13H12N4OS. The van der Waals surface area contributed by atoms with Gasteiger partial charge in [-0.2, -0.15) is 14.6 Å². The van der Waals surface area contributed by atoms with Crippen LogP contribution in [0.15, 0.2) is 34.2 Å². The first-order valence-corrected chi connectivity index (χ1v) is 6.98. The van der Waals surface area contributed by atoms with Gasteiger partial charge in [-0.25, -0.2) is 4.98 Å². The van der Waals surface area contributed by atoms with Gasteiger partial charge in [0.05, 0.1) is 5.52 Å². The highest BCUT2D eigenvalue weighted by Gasteiger charge is 2.11. The van der Waals surface area contributed by atoms with E-state index in [9.17, 15) is 4.79 Å². The lowest BCUT2D eigenvalue weighted by Crippen LogP contribution is -2.18. The smallest absolute Gasteiger partial charge is 0.265 e. The highest BCUT2D eigenvalue weighted by atomic mass is 32.2. The lowest BCUT2D eigenvalue weighted by atomic mass is 10.2. The molecule has 0 atom stereocenters. The highest BCUT2D eigenvalue weighted by molar-refractivity contribution is 7.99. The minimum absolute atomic E-state index is 0.288. The second kappa shape index (κ2) is 4.62. The van der Waals surface area contributed by atoms with Crippen LogP contribution in [0.4, 0.5) is 0 Å². The first-order valence-electron chi connectivity index (χ1n) is 6.00. The molecule has 0 saturated heterocycles. The van der Waals surface area contributed by atoms with Crippen molar-refractivity contribution in [3.8, 4) is 0 Å². The van der Waals surface area contributed by atoms with Gasteiger partial charge in [-0.1, -0.05) is 30.8 Å². The second-order valence-electron chi connectivity index (χ2n) is 4.08. The van der Waals surface area contributed by atoms with Crippen molar-refractivity contribution in [2.75, 3.05) is 5.75 Å². The number of nitrogens with zero attached hydrogens (tertiary/aromatic N) is 4. The van der Waals surface area contributed by atoms with Gasteiger partial charge in [-0.3, -0.25) is 4.79 Å². The summed E-state index contributed by atoms with van der Waals surface area (Å²) in [5.41, 5.74) is 1.49. The molecule has 0 N–H and O–H groups in total. The van der Waals surface area contributed by atoms with Gasteiger partial charge in [0.1, 0.15) is 5.69 Å². The first-order chi connectivity index (χ1) is 9.20. The SMILES string of the molecule is CCSc1nc2ccccc2c2nc(=O)c(C)nn12. The fourth-order valence-corrected chi connectivity index (χ4v) is 2.58. The summed E-state index contributed by atoms with van der Waals surface area (Å²) in [6.07, 6.45) is 0. The summed E-state index contributed by atoms with van der Waals surface area (Å²) < 4.78 is 1.66. The maximum atomic E-state index is 11.7. The zero-order chi connectivity index (χ0) is 13.4. The summed E-state index contributed by atoms with van der Waals surface area (Å²) in [5, 5.41) is 5.90. The minimum atomic E-state index is -0.288. The third kappa shape index (κ3) is 1.98. The topological polar surface area (TPSA) is 60.2 Å². The van der Waals surface area contributed by atoms with Crippen molar-refractivity contribution < 1.29 is 0 Å². The third-order valence-electron chi connectivity index (χ3n) is 2.78. The van der Waals surface area contributed by atoms with Crippen LogP contribution >= 0.6 is 11.8 Å². The highest BCUT2D eigenvalue weighted by Crippen LogP contribution is 2.22. The predicted octanol–water partition coefficient (Wildman–Crippen LogP) is 2.06. The van der Waals surface area contributed by atoms with Gasteiger partial charge >= 0.3 is 0 Å². The fraction of sp³-hybridized carbons (Fsp3) is 0.231. The van der Waals surface area contributed by atoms with E-state index >= 15 is 0 Å². The number of hydrogen-bond donors (Lipinski definition) is 0. The van der Waals surface area contributed by atoms with Gasteiger partial charge in [0.25, 0.3) is 5.56 Å². The van der Waals surface area contributed by atoms with Crippen LogP contribution in [0.1, 0.15) is 12.6 Å². The Balaban J connectivity index is 2.52. The third-order valence-corrected chi connectivity index (χ3v) is 3.59. The van der Waals surface area contributed by atoms with Crippen molar-refractivity contribution >= 4 is 28.3 Å². The zero-order valence-corrected chi connectivity index (χ0v) is 11.4. The molecule has 3 aromatic rings. The van der Waals surface area contributed by atoms with E-state index in [1.165, 1.54) is 0 Å². The Bertz CT molecular complexity index is 828. The van der Waals surface area contributed by atoms with Crippen molar-refractivity contribution in [2.45, 2.75) is 19.0 Å². The molecule has 0 bridgehead atoms. The van der Waals surface area contributed by atoms with Crippen molar-refractivity contribution in [3.05, 3.63) is 40.3 Å². The molecule has 0 aliphatic heterocycles. The number of para-hydroxylation sites is 1. The van der Waals surface area contributed by atoms with Crippen molar-refractivity contribution in [1.29, 1.82) is 0 Å². The Morgan fingerprint density at radius 2 is 2.05 bits per heavy atom. The van der Waals surface area contributed by atoms with Crippen LogP contribution in [-0.4, -0.2) is 25.3 Å². The maximum Gasteiger partial charge on any atom is 0.294 e. The molecule has 0 aliphatic carbocycles. The summed E-state index contributed by atoms with van der Waals surface area (Å²) in [6, 6.07) is 7.65. The summed E-state index contributed by atoms with van der Waals surface area (Å²) >= 11 is 1.58. The van der Waals surface area contributed by atoms with Crippen LogP contribution < -0.4 is 5.56 Å². The molecule has 0 aliphatic rings. The molecule has 6 heteroatoms. The molecule has 2 heterocycles. The summed E-state index contributed by atoms with van der Waals surface area (Å²) in [6.45, 7) is 3.72. The molecule has 0 saturated carbocycles. The molecular weight excluding hydrogens is 260 g/mol. The van der Waals surface area contributed by atoms with Gasteiger partial charge < -0.3 is 0 Å². The van der Waals surface area contributed by atoms with Gasteiger partial charge in [0.2, 0.25) is 0 Å². The number of rotatable bonds is 2. The molecule has 5 nitrogen and oxygen atoms in total. The van der Waals surface area contributed by atoms with Gasteiger partial charge in [-0.05, 0) is 24.8 Å². The van der Waals surface area contributed by atoms with Crippen LogP contribution in [0.25, 0.3) is 16.6 Å². The fourth-order valence-electron chi connectivity index (χ4n) is 1.91. The monoisotopic (exact) mass is 272 g/mol. The Hall–Kier alpha value is -1.95. The lowest BCUT2D eigenvalue weighted by Gasteiger charge is -2.08. The number of aryl methyl sites for hydroxylation is 1. The van der Waals surface area contributed by atoms with Crippen molar-refractivity contribution in [1.82, 2.24) is 19.6 Å². The van der Waals surface area contributed by atoms with Crippen LogP contribution in [-0.2, 0) is 0 Å². The molecule has 0 fully saturated rings. The maximum absolute atomic E-state index is 11.7. The molecule has 0 radical (unpaired) electrons. The Morgan fingerprint density at radius 1 is 1.26 bits per heavy atom. The number of thioether (sulfide) groups is 1. The predicted molar refractivity (Wildman–Crippen MR) is 75.7 cm³/mol. The van der Waals surface area contributed by atoms with E-state index in [4.69, 9.17) is 0 Å². The lowest BCUT2D eigenvalue weighted by molar-refractivity contribution is 0.746. The van der Waals surface area contributed by atoms with E-state index < -0.39 is 0 Å². The standard InChI is InChI=1S/C13H12N4OS/c1-3-19-13-14-10-7-5-4-6-9(10)11-15-12(18)8(2)16-17(11)13/h4-7H,3H2,1-2H3. The molecule has 0 spiro atoms. The zero-order valence-electron chi connectivity index (χ0n) is 10.6. The van der Waals surface area contributed by atoms with E-state index in [0.717, 1.165) is 21.8 Å². The summed E-state index contributed by atoms with van der Waals surface area (Å²) in [7, 11) is 0. The molecule has 19 heavy (non-hydrogen) atoms. The van der Waals surface area contributed by atoms with Crippen LogP contribution in [0, 0.1) is 6.92 Å². The first kappa shape index (κ1) is 12.1. The van der Waals surface area contributed by atoms with E-state index in [-0.39, 0.29) is 5.56 Å². The Morgan fingerprint density at radius 3 is 2.84 bits per heavy atom. The van der Waals surface area contributed by atoms with Gasteiger partial charge in [0, 0.05) is 5.39 Å². The van der Waals surface area contributed by atoms with Crippen LogP contribution in [0.2, 0.25) is 0 Å². The van der Waals surface area contributed by atoms with E-state index in [1.54, 1.807) is 23.2 Å². The Labute approximate surface area is 113 Å². The van der Waals surface area contributed by atoms with Gasteiger partial charge in [0.15, 0.2) is 10.8 Å². The average Bonchev–Trinajstić information content (AvgIpc) is 2.41. The number of hydrogen-bond acceptors (Lipinski definition) is 5. The summed E-state index contributed by atoms with van der Waals surface area (Å²) in [5.74, 6) is 0.882. The van der Waals surface area contributed by atoms with E-state index in [1.807, 2.05) is 24.3 Å². The second-order valence-corrected chi connectivity index (χ2v) is 5.31. The largest absolute Gasteiger partial charge is 0.294 e. The molecule has 3 rings (SSSR count). The molecule has 96 valence electrons. The minimum Gasteiger partial charge on any atom is -0.265 e. The van der Waals surface area contributed by atoms with E-state index in [0.29, 0.717) is 11.3 Å². The number of fused-ring (bicyclic) bond motifs is 3. The number of aromatic nitrogens is 4. The molecule has 0 amide bonds. The molecule has 1 aromatic carbocycles. The van der Waals surface area contributed by atoms with Crippen LogP contribution in [0.5, 0.6) is 0 Å². The Kier molecular flexibility index (Phi) is 2.94.